The molecule has 6 nitrogen and oxygen atoms in total. The highest BCUT2D eigenvalue weighted by molar-refractivity contribution is 14.0. The Morgan fingerprint density at radius 2 is 2.04 bits per heavy atom. The smallest absolute Gasteiger partial charge is 0.243 e. The van der Waals surface area contributed by atoms with Crippen LogP contribution in [-0.4, -0.2) is 63.1 Å². The third kappa shape index (κ3) is 7.39. The van der Waals surface area contributed by atoms with Gasteiger partial charge in [0.25, 0.3) is 0 Å². The lowest BCUT2D eigenvalue weighted by Gasteiger charge is -2.35. The summed E-state index contributed by atoms with van der Waals surface area (Å²) in [5, 5.41) is 6.83. The number of hydrogen-bond donors (Lipinski definition) is 2. The molecule has 0 radical (unpaired) electrons. The molecule has 1 aromatic carbocycles. The fraction of sp³-hybridized carbons (Fsp3) is 0.579. The van der Waals surface area contributed by atoms with Crippen LogP contribution in [0.4, 0.5) is 5.69 Å². The van der Waals surface area contributed by atoms with Crippen molar-refractivity contribution < 1.29 is 4.79 Å². The van der Waals surface area contributed by atoms with E-state index < -0.39 is 0 Å². The van der Waals surface area contributed by atoms with E-state index in [2.05, 4.69) is 51.7 Å². The lowest BCUT2D eigenvalue weighted by Crippen LogP contribution is -2.51. The molecule has 1 amide bonds. The van der Waals surface area contributed by atoms with E-state index in [-0.39, 0.29) is 36.4 Å². The minimum absolute atomic E-state index is 0. The number of aliphatic imine (C=N–C) groups is 1. The average molecular weight is 473 g/mol. The molecule has 1 heterocycles. The molecule has 2 N–H and O–H groups in total. The van der Waals surface area contributed by atoms with E-state index in [0.717, 1.165) is 44.9 Å². The van der Waals surface area contributed by atoms with Gasteiger partial charge < -0.3 is 20.4 Å². The maximum atomic E-state index is 11.8. The summed E-state index contributed by atoms with van der Waals surface area (Å²) in [6, 6.07) is 10.8. The van der Waals surface area contributed by atoms with Crippen LogP contribution in [0.1, 0.15) is 26.2 Å². The maximum absolute atomic E-state index is 11.8. The van der Waals surface area contributed by atoms with Crippen LogP contribution in [0.15, 0.2) is 35.3 Å². The summed E-state index contributed by atoms with van der Waals surface area (Å²) in [5.74, 6) is 0.740. The van der Waals surface area contributed by atoms with Crippen LogP contribution in [-0.2, 0) is 4.79 Å². The Hall–Kier alpha value is -1.51. The number of piperidine rings is 1. The molecule has 0 spiro atoms. The first-order valence-electron chi connectivity index (χ1n) is 9.15. The maximum Gasteiger partial charge on any atom is 0.243 e. The molecule has 1 aromatic rings. The number of guanidine groups is 1. The minimum atomic E-state index is 0. The van der Waals surface area contributed by atoms with Gasteiger partial charge in [-0.2, -0.15) is 0 Å². The molecular weight excluding hydrogens is 441 g/mol. The quantitative estimate of drug-likeness (QED) is 0.378. The van der Waals surface area contributed by atoms with Crippen LogP contribution in [0.25, 0.3) is 0 Å². The van der Waals surface area contributed by atoms with Crippen LogP contribution in [0, 0.1) is 0 Å². The first-order chi connectivity index (χ1) is 12.1. The molecule has 0 saturated carbocycles. The van der Waals surface area contributed by atoms with Crippen molar-refractivity contribution in [2.24, 2.45) is 4.99 Å². The standard InChI is InChI=1S/C19H31N5O.HI/c1-4-12-20-19(21-14-18(25)23(2)3)22-16-9-8-13-24(15-16)17-10-6-5-7-11-17;/h5-7,10-11,16H,4,8-9,12-15H2,1-3H3,(H2,20,21,22);1H. The number of carbonyl (C=O) groups is 1. The molecule has 7 heteroatoms. The zero-order chi connectivity index (χ0) is 18.1. The highest BCUT2D eigenvalue weighted by Crippen LogP contribution is 2.19. The number of anilines is 1. The van der Waals surface area contributed by atoms with Crippen molar-refractivity contribution in [1.82, 2.24) is 15.5 Å². The molecular formula is C19H32IN5O. The SMILES string of the molecule is CCCNC(=NCC(=O)N(C)C)NC1CCCN(c2ccccc2)C1.I. The monoisotopic (exact) mass is 473 g/mol. The number of halogens is 1. The van der Waals surface area contributed by atoms with Gasteiger partial charge in [-0.3, -0.25) is 4.79 Å². The summed E-state index contributed by atoms with van der Waals surface area (Å²) >= 11 is 0. The van der Waals surface area contributed by atoms with Crippen LogP contribution in [0.3, 0.4) is 0 Å². The summed E-state index contributed by atoms with van der Waals surface area (Å²) in [4.78, 5) is 20.2. The van der Waals surface area contributed by atoms with E-state index in [1.54, 1.807) is 19.0 Å². The Kier molecular flexibility index (Phi) is 10.4. The lowest BCUT2D eigenvalue weighted by molar-refractivity contribution is -0.127. The van der Waals surface area contributed by atoms with Crippen molar-refractivity contribution in [1.29, 1.82) is 0 Å². The lowest BCUT2D eigenvalue weighted by atomic mass is 10.1. The topological polar surface area (TPSA) is 60.0 Å². The number of rotatable bonds is 6. The van der Waals surface area contributed by atoms with Gasteiger partial charge >= 0.3 is 0 Å². The number of benzene rings is 1. The summed E-state index contributed by atoms with van der Waals surface area (Å²) in [5.41, 5.74) is 1.26. The van der Waals surface area contributed by atoms with Gasteiger partial charge in [-0.25, -0.2) is 4.99 Å². The van der Waals surface area contributed by atoms with Gasteiger partial charge in [0.2, 0.25) is 5.91 Å². The van der Waals surface area contributed by atoms with E-state index >= 15 is 0 Å². The number of nitrogens with one attached hydrogen (secondary N) is 2. The number of carbonyl (C=O) groups excluding carboxylic acids is 1. The van der Waals surface area contributed by atoms with Crippen LogP contribution in [0.2, 0.25) is 0 Å². The predicted molar refractivity (Wildman–Crippen MR) is 120 cm³/mol. The molecule has 0 aliphatic carbocycles. The Bertz CT molecular complexity index is 564. The van der Waals surface area contributed by atoms with Gasteiger partial charge in [-0.05, 0) is 31.4 Å². The van der Waals surface area contributed by atoms with Crippen molar-refractivity contribution in [3.8, 4) is 0 Å². The number of nitrogens with zero attached hydrogens (tertiary/aromatic N) is 3. The van der Waals surface area contributed by atoms with Gasteiger partial charge in [0, 0.05) is 45.5 Å². The van der Waals surface area contributed by atoms with Crippen molar-refractivity contribution in [3.05, 3.63) is 30.3 Å². The molecule has 2 rings (SSSR count). The minimum Gasteiger partial charge on any atom is -0.369 e. The average Bonchev–Trinajstić information content (AvgIpc) is 2.64. The zero-order valence-electron chi connectivity index (χ0n) is 16.1. The molecule has 1 atom stereocenters. The fourth-order valence-electron chi connectivity index (χ4n) is 2.85. The van der Waals surface area contributed by atoms with Gasteiger partial charge in [0.1, 0.15) is 6.54 Å². The molecule has 26 heavy (non-hydrogen) atoms. The van der Waals surface area contributed by atoms with Crippen molar-refractivity contribution in [2.45, 2.75) is 32.2 Å². The summed E-state index contributed by atoms with van der Waals surface area (Å²) in [7, 11) is 3.51. The fourth-order valence-corrected chi connectivity index (χ4v) is 2.85. The molecule has 1 aliphatic rings. The van der Waals surface area contributed by atoms with Gasteiger partial charge in [0.05, 0.1) is 0 Å². The van der Waals surface area contributed by atoms with Gasteiger partial charge in [0.15, 0.2) is 5.96 Å². The third-order valence-electron chi connectivity index (χ3n) is 4.30. The first kappa shape index (κ1) is 22.5. The Labute approximate surface area is 174 Å². The summed E-state index contributed by atoms with van der Waals surface area (Å²) < 4.78 is 0. The highest BCUT2D eigenvalue weighted by atomic mass is 127. The van der Waals surface area contributed by atoms with Gasteiger partial charge in [-0.15, -0.1) is 24.0 Å². The van der Waals surface area contributed by atoms with Crippen molar-refractivity contribution >= 4 is 41.5 Å². The molecule has 0 bridgehead atoms. The number of para-hydroxylation sites is 1. The van der Waals surface area contributed by atoms with Crippen molar-refractivity contribution in [3.63, 3.8) is 0 Å². The van der Waals surface area contributed by atoms with Crippen LogP contribution in [0.5, 0.6) is 0 Å². The molecule has 146 valence electrons. The van der Waals surface area contributed by atoms with Crippen LogP contribution < -0.4 is 15.5 Å². The van der Waals surface area contributed by atoms with E-state index in [0.29, 0.717) is 6.04 Å². The number of amides is 1. The third-order valence-corrected chi connectivity index (χ3v) is 4.30. The summed E-state index contributed by atoms with van der Waals surface area (Å²) in [6.07, 6.45) is 3.27. The molecule has 1 unspecified atom stereocenters. The second-order valence-electron chi connectivity index (χ2n) is 6.64. The zero-order valence-corrected chi connectivity index (χ0v) is 18.4. The molecule has 1 aliphatic heterocycles. The summed E-state index contributed by atoms with van der Waals surface area (Å²) in [6.45, 7) is 5.15. The van der Waals surface area contributed by atoms with E-state index in [1.165, 1.54) is 5.69 Å². The van der Waals surface area contributed by atoms with Crippen LogP contribution >= 0.6 is 24.0 Å². The Morgan fingerprint density at radius 3 is 2.69 bits per heavy atom. The Balaban J connectivity index is 0.00000338. The van der Waals surface area contributed by atoms with E-state index in [1.807, 2.05) is 6.07 Å². The highest BCUT2D eigenvalue weighted by Gasteiger charge is 2.21. The largest absolute Gasteiger partial charge is 0.369 e. The number of likely N-dealkylation sites (N-methyl/N-ethyl adjacent to an activating group) is 1. The van der Waals surface area contributed by atoms with Crippen molar-refractivity contribution in [2.75, 3.05) is 45.2 Å². The van der Waals surface area contributed by atoms with E-state index in [4.69, 9.17) is 0 Å². The predicted octanol–water partition coefficient (Wildman–Crippen LogP) is 2.31. The molecule has 1 fully saturated rings. The second kappa shape index (κ2) is 12.0. The van der Waals surface area contributed by atoms with Gasteiger partial charge in [-0.1, -0.05) is 25.1 Å². The normalized spacial score (nSPS) is 17.3. The van der Waals surface area contributed by atoms with E-state index in [9.17, 15) is 4.79 Å². The molecule has 1 saturated heterocycles. The Morgan fingerprint density at radius 1 is 1.31 bits per heavy atom. The first-order valence-corrected chi connectivity index (χ1v) is 9.15. The molecule has 0 aromatic heterocycles. The second-order valence-corrected chi connectivity index (χ2v) is 6.64. The number of hydrogen-bond acceptors (Lipinski definition) is 3.